The summed E-state index contributed by atoms with van der Waals surface area (Å²) < 4.78 is 5.79. The Morgan fingerprint density at radius 1 is 1.43 bits per heavy atom. The Labute approximate surface area is 143 Å². The molecule has 1 aromatic heterocycles. The van der Waals surface area contributed by atoms with Crippen molar-refractivity contribution in [2.24, 2.45) is 17.8 Å². The van der Waals surface area contributed by atoms with Crippen LogP contribution in [0.5, 0.6) is 0 Å². The molecule has 0 bridgehead atoms. The number of nitrogens with zero attached hydrogens (tertiary/aromatic N) is 2. The van der Waals surface area contributed by atoms with Crippen LogP contribution in [0.3, 0.4) is 0 Å². The molecule has 2 rings (SSSR count). The lowest BCUT2D eigenvalue weighted by Crippen LogP contribution is -2.36. The van der Waals surface area contributed by atoms with Gasteiger partial charge < -0.3 is 4.74 Å². The highest BCUT2D eigenvalue weighted by Crippen LogP contribution is 2.35. The van der Waals surface area contributed by atoms with E-state index >= 15 is 0 Å². The van der Waals surface area contributed by atoms with E-state index in [4.69, 9.17) is 4.74 Å². The summed E-state index contributed by atoms with van der Waals surface area (Å²) in [6.45, 7) is 8.79. The number of thioether (sulfide) groups is 1. The SMILES string of the molecule is CCCc1nc(SCC(=O)O[C@@H]2C[C@H](C)CC[C@@H]2C(C)C)n[nH]1. The number of aromatic nitrogens is 3. The van der Waals surface area contributed by atoms with Crippen LogP contribution >= 0.6 is 11.8 Å². The number of aromatic amines is 1. The van der Waals surface area contributed by atoms with Gasteiger partial charge in [-0.3, -0.25) is 9.89 Å². The summed E-state index contributed by atoms with van der Waals surface area (Å²) in [6.07, 6.45) is 5.36. The minimum atomic E-state index is -0.151. The molecule has 1 saturated carbocycles. The number of carbonyl (C=O) groups is 1. The maximum Gasteiger partial charge on any atom is 0.316 e. The van der Waals surface area contributed by atoms with Crippen molar-refractivity contribution in [3.63, 3.8) is 0 Å². The number of ether oxygens (including phenoxy) is 1. The van der Waals surface area contributed by atoms with Crippen molar-refractivity contribution >= 4 is 17.7 Å². The number of esters is 1. The van der Waals surface area contributed by atoms with Crippen LogP contribution in [-0.4, -0.2) is 33.0 Å². The molecule has 1 heterocycles. The van der Waals surface area contributed by atoms with Gasteiger partial charge in [-0.2, -0.15) is 0 Å². The first-order valence-electron chi connectivity index (χ1n) is 8.73. The molecule has 1 aliphatic carbocycles. The molecule has 0 spiro atoms. The number of aryl methyl sites for hydroxylation is 1. The highest BCUT2D eigenvalue weighted by atomic mass is 32.2. The Morgan fingerprint density at radius 2 is 2.22 bits per heavy atom. The van der Waals surface area contributed by atoms with Crippen LogP contribution in [0.1, 0.15) is 59.2 Å². The fourth-order valence-corrected chi connectivity index (χ4v) is 3.87. The molecule has 5 nitrogen and oxygen atoms in total. The zero-order valence-corrected chi connectivity index (χ0v) is 15.5. The van der Waals surface area contributed by atoms with E-state index in [1.807, 2.05) is 0 Å². The molecule has 1 N–H and O–H groups in total. The lowest BCUT2D eigenvalue weighted by molar-refractivity contribution is -0.152. The summed E-state index contributed by atoms with van der Waals surface area (Å²) in [5.74, 6) is 2.68. The maximum absolute atomic E-state index is 12.2. The van der Waals surface area contributed by atoms with E-state index in [2.05, 4.69) is 42.9 Å². The van der Waals surface area contributed by atoms with Crippen molar-refractivity contribution in [1.82, 2.24) is 15.2 Å². The first-order chi connectivity index (χ1) is 11.0. The Balaban J connectivity index is 1.82. The Hall–Kier alpha value is -1.04. The van der Waals surface area contributed by atoms with Gasteiger partial charge in [-0.15, -0.1) is 5.10 Å². The van der Waals surface area contributed by atoms with Gasteiger partial charge in [0.25, 0.3) is 0 Å². The molecule has 0 saturated heterocycles. The molecular formula is C17H29N3O2S. The maximum atomic E-state index is 12.2. The summed E-state index contributed by atoms with van der Waals surface area (Å²) in [5.41, 5.74) is 0. The van der Waals surface area contributed by atoms with E-state index in [0.717, 1.165) is 31.5 Å². The topological polar surface area (TPSA) is 67.9 Å². The van der Waals surface area contributed by atoms with Crippen LogP contribution in [0.4, 0.5) is 0 Å². The predicted octanol–water partition coefficient (Wildman–Crippen LogP) is 3.85. The average Bonchev–Trinajstić information content (AvgIpc) is 2.93. The fourth-order valence-electron chi connectivity index (χ4n) is 3.27. The number of H-pyrrole nitrogens is 1. The van der Waals surface area contributed by atoms with E-state index in [9.17, 15) is 4.79 Å². The zero-order valence-electron chi connectivity index (χ0n) is 14.7. The van der Waals surface area contributed by atoms with Gasteiger partial charge >= 0.3 is 5.97 Å². The highest BCUT2D eigenvalue weighted by Gasteiger charge is 2.33. The van der Waals surface area contributed by atoms with Crippen LogP contribution in [0.2, 0.25) is 0 Å². The predicted molar refractivity (Wildman–Crippen MR) is 92.3 cm³/mol. The van der Waals surface area contributed by atoms with Gasteiger partial charge in [-0.1, -0.05) is 45.9 Å². The molecule has 0 radical (unpaired) electrons. The summed E-state index contributed by atoms with van der Waals surface area (Å²) in [7, 11) is 0. The fraction of sp³-hybridized carbons (Fsp3) is 0.824. The minimum absolute atomic E-state index is 0.0645. The van der Waals surface area contributed by atoms with E-state index in [-0.39, 0.29) is 17.8 Å². The second kappa shape index (κ2) is 8.71. The van der Waals surface area contributed by atoms with Crippen molar-refractivity contribution in [3.8, 4) is 0 Å². The van der Waals surface area contributed by atoms with Gasteiger partial charge in [0.1, 0.15) is 11.9 Å². The molecule has 1 aromatic rings. The molecule has 6 heteroatoms. The summed E-state index contributed by atoms with van der Waals surface area (Å²) in [5, 5.41) is 7.66. The molecule has 3 atom stereocenters. The highest BCUT2D eigenvalue weighted by molar-refractivity contribution is 7.99. The van der Waals surface area contributed by atoms with Crippen LogP contribution < -0.4 is 0 Å². The number of nitrogens with one attached hydrogen (secondary N) is 1. The van der Waals surface area contributed by atoms with E-state index in [0.29, 0.717) is 22.9 Å². The summed E-state index contributed by atoms with van der Waals surface area (Å²) in [4.78, 5) is 16.5. The molecule has 0 aromatic carbocycles. The molecule has 0 aliphatic heterocycles. The lowest BCUT2D eigenvalue weighted by atomic mass is 9.75. The largest absolute Gasteiger partial charge is 0.461 e. The monoisotopic (exact) mass is 339 g/mol. The number of hydrogen-bond acceptors (Lipinski definition) is 5. The van der Waals surface area contributed by atoms with E-state index in [1.165, 1.54) is 18.2 Å². The van der Waals surface area contributed by atoms with Crippen LogP contribution in [-0.2, 0) is 16.0 Å². The molecule has 1 fully saturated rings. The van der Waals surface area contributed by atoms with Crippen LogP contribution in [0.25, 0.3) is 0 Å². The van der Waals surface area contributed by atoms with Crippen LogP contribution in [0.15, 0.2) is 5.16 Å². The Kier molecular flexibility index (Phi) is 6.93. The molecular weight excluding hydrogens is 310 g/mol. The van der Waals surface area contributed by atoms with Gasteiger partial charge in [-0.05, 0) is 37.0 Å². The van der Waals surface area contributed by atoms with Crippen molar-refractivity contribution in [2.45, 2.75) is 71.1 Å². The van der Waals surface area contributed by atoms with Crippen molar-refractivity contribution in [3.05, 3.63) is 5.82 Å². The molecule has 23 heavy (non-hydrogen) atoms. The normalized spacial score (nSPS) is 24.8. The van der Waals surface area contributed by atoms with Gasteiger partial charge in [-0.25, -0.2) is 4.98 Å². The Morgan fingerprint density at radius 3 is 2.91 bits per heavy atom. The molecule has 1 aliphatic rings. The number of carbonyl (C=O) groups excluding carboxylic acids is 1. The second-order valence-corrected chi connectivity index (χ2v) is 7.90. The van der Waals surface area contributed by atoms with Crippen molar-refractivity contribution < 1.29 is 9.53 Å². The summed E-state index contributed by atoms with van der Waals surface area (Å²) in [6, 6.07) is 0. The second-order valence-electron chi connectivity index (χ2n) is 6.96. The standard InChI is InChI=1S/C17H29N3O2S/c1-5-6-15-18-17(20-19-15)23-10-16(21)22-14-9-12(4)7-8-13(14)11(2)3/h11-14H,5-10H2,1-4H3,(H,18,19,20)/t12-,13-,14-/m1/s1. The van der Waals surface area contributed by atoms with Gasteiger partial charge in [0.2, 0.25) is 5.16 Å². The number of hydrogen-bond donors (Lipinski definition) is 1. The Bertz CT molecular complexity index is 504. The number of rotatable bonds is 7. The zero-order chi connectivity index (χ0) is 16.8. The first-order valence-corrected chi connectivity index (χ1v) is 9.71. The van der Waals surface area contributed by atoms with Gasteiger partial charge in [0.05, 0.1) is 5.75 Å². The molecule has 0 amide bonds. The minimum Gasteiger partial charge on any atom is -0.461 e. The third kappa shape index (κ3) is 5.52. The van der Waals surface area contributed by atoms with E-state index < -0.39 is 0 Å². The van der Waals surface area contributed by atoms with Gasteiger partial charge in [0.15, 0.2) is 0 Å². The third-order valence-electron chi connectivity index (χ3n) is 4.56. The quantitative estimate of drug-likeness (QED) is 0.603. The lowest BCUT2D eigenvalue weighted by Gasteiger charge is -2.36. The van der Waals surface area contributed by atoms with Gasteiger partial charge in [0, 0.05) is 6.42 Å². The third-order valence-corrected chi connectivity index (χ3v) is 5.38. The molecule has 0 unspecified atom stereocenters. The molecule has 130 valence electrons. The van der Waals surface area contributed by atoms with Crippen molar-refractivity contribution in [1.29, 1.82) is 0 Å². The first kappa shape index (κ1) is 18.3. The van der Waals surface area contributed by atoms with Crippen molar-refractivity contribution in [2.75, 3.05) is 5.75 Å². The van der Waals surface area contributed by atoms with Crippen LogP contribution in [0, 0.1) is 17.8 Å². The summed E-state index contributed by atoms with van der Waals surface area (Å²) >= 11 is 1.35. The smallest absolute Gasteiger partial charge is 0.316 e. The average molecular weight is 340 g/mol. The van der Waals surface area contributed by atoms with E-state index in [1.54, 1.807) is 0 Å².